The Morgan fingerprint density at radius 3 is 2.67 bits per heavy atom. The Hall–Kier alpha value is -2.76. The molecule has 2 aliphatic carbocycles. The number of hydrogen-bond acceptors (Lipinski definition) is 7. The predicted octanol–water partition coefficient (Wildman–Crippen LogP) is 4.35. The lowest BCUT2D eigenvalue weighted by molar-refractivity contribution is 0.161. The molecule has 0 aliphatic heterocycles. The Morgan fingerprint density at radius 1 is 1.21 bits per heavy atom. The third-order valence-corrected chi connectivity index (χ3v) is 6.63. The van der Waals surface area contributed by atoms with Gasteiger partial charge in [0.25, 0.3) is 0 Å². The minimum absolute atomic E-state index is 0.251. The van der Waals surface area contributed by atoms with Crippen molar-refractivity contribution in [3.8, 4) is 17.3 Å². The monoisotopic (exact) mass is 452 g/mol. The highest BCUT2D eigenvalue weighted by molar-refractivity contribution is 5.67. The second-order valence-corrected chi connectivity index (χ2v) is 9.44. The summed E-state index contributed by atoms with van der Waals surface area (Å²) in [5, 5.41) is 19.7. The molecule has 2 aromatic rings. The zero-order valence-electron chi connectivity index (χ0n) is 19.4. The van der Waals surface area contributed by atoms with Crippen LogP contribution in [-0.2, 0) is 4.74 Å². The Labute approximate surface area is 195 Å². The van der Waals surface area contributed by atoms with Crippen LogP contribution < -0.4 is 16.0 Å². The summed E-state index contributed by atoms with van der Waals surface area (Å²) in [6.07, 6.45) is 9.00. The number of hydrogen-bond donors (Lipinski definition) is 3. The van der Waals surface area contributed by atoms with Gasteiger partial charge in [-0.15, -0.1) is 0 Å². The first-order valence-electron chi connectivity index (χ1n) is 11.8. The fourth-order valence-corrected chi connectivity index (χ4v) is 4.47. The van der Waals surface area contributed by atoms with Gasteiger partial charge in [0.1, 0.15) is 5.82 Å². The van der Waals surface area contributed by atoms with E-state index >= 15 is 0 Å². The van der Waals surface area contributed by atoms with Crippen LogP contribution in [-0.4, -0.2) is 48.4 Å². The summed E-state index contributed by atoms with van der Waals surface area (Å²) in [7, 11) is 1.73. The molecule has 0 saturated heterocycles. The SMILES string of the molecule is COCC(C)NC1CCC(Nc2cc(-c3cc(NCC4(C#N)CC4)ccn3)c(F)cn2)CC1. The average Bonchev–Trinajstić information content (AvgIpc) is 3.61. The zero-order chi connectivity index (χ0) is 23.3. The fourth-order valence-electron chi connectivity index (χ4n) is 4.47. The number of pyridine rings is 2. The van der Waals surface area contributed by atoms with Crippen LogP contribution in [0.2, 0.25) is 0 Å². The molecule has 0 radical (unpaired) electrons. The summed E-state index contributed by atoms with van der Waals surface area (Å²) >= 11 is 0. The summed E-state index contributed by atoms with van der Waals surface area (Å²) in [6, 6.07) is 8.95. The molecule has 8 heteroatoms. The molecule has 3 N–H and O–H groups in total. The maximum atomic E-state index is 14.6. The molecule has 4 rings (SSSR count). The van der Waals surface area contributed by atoms with Crippen molar-refractivity contribution in [2.75, 3.05) is 30.9 Å². The Morgan fingerprint density at radius 2 is 1.97 bits per heavy atom. The second kappa shape index (κ2) is 10.4. The van der Waals surface area contributed by atoms with Gasteiger partial charge in [-0.2, -0.15) is 5.26 Å². The van der Waals surface area contributed by atoms with Gasteiger partial charge in [-0.05, 0) is 63.6 Å². The number of halogens is 1. The molecule has 2 aromatic heterocycles. The van der Waals surface area contributed by atoms with E-state index in [9.17, 15) is 9.65 Å². The van der Waals surface area contributed by atoms with Crippen LogP contribution in [0, 0.1) is 22.6 Å². The molecule has 2 fully saturated rings. The molecule has 1 atom stereocenters. The van der Waals surface area contributed by atoms with E-state index in [0.717, 1.165) is 44.2 Å². The number of aromatic nitrogens is 2. The van der Waals surface area contributed by atoms with Gasteiger partial charge in [-0.25, -0.2) is 9.37 Å². The van der Waals surface area contributed by atoms with E-state index in [1.165, 1.54) is 6.20 Å². The maximum absolute atomic E-state index is 14.6. The zero-order valence-corrected chi connectivity index (χ0v) is 19.4. The molecule has 0 spiro atoms. The van der Waals surface area contributed by atoms with Crippen molar-refractivity contribution in [1.29, 1.82) is 5.26 Å². The molecular weight excluding hydrogens is 419 g/mol. The van der Waals surface area contributed by atoms with E-state index in [2.05, 4.69) is 38.9 Å². The molecule has 2 saturated carbocycles. The topological polar surface area (TPSA) is 94.9 Å². The number of ether oxygens (including phenoxy) is 1. The van der Waals surface area contributed by atoms with E-state index < -0.39 is 5.82 Å². The van der Waals surface area contributed by atoms with Gasteiger partial charge >= 0.3 is 0 Å². The number of nitriles is 1. The van der Waals surface area contributed by atoms with Gasteiger partial charge in [-0.1, -0.05) is 0 Å². The van der Waals surface area contributed by atoms with Gasteiger partial charge in [0.15, 0.2) is 5.82 Å². The number of nitrogens with one attached hydrogen (secondary N) is 3. The first-order chi connectivity index (χ1) is 16.0. The third kappa shape index (κ3) is 6.18. The van der Waals surface area contributed by atoms with Gasteiger partial charge in [0, 0.05) is 49.2 Å². The van der Waals surface area contributed by atoms with Crippen molar-refractivity contribution in [3.63, 3.8) is 0 Å². The van der Waals surface area contributed by atoms with Gasteiger partial charge in [0.2, 0.25) is 0 Å². The predicted molar refractivity (Wildman–Crippen MR) is 127 cm³/mol. The Balaban J connectivity index is 1.37. The molecule has 2 heterocycles. The minimum Gasteiger partial charge on any atom is -0.383 e. The van der Waals surface area contributed by atoms with Crippen LogP contribution in [0.4, 0.5) is 15.9 Å². The third-order valence-electron chi connectivity index (χ3n) is 6.63. The number of anilines is 2. The summed E-state index contributed by atoms with van der Waals surface area (Å²) in [6.45, 7) is 3.45. The highest BCUT2D eigenvalue weighted by Crippen LogP contribution is 2.44. The Kier molecular flexibility index (Phi) is 7.41. The van der Waals surface area contributed by atoms with Crippen molar-refractivity contribution in [3.05, 3.63) is 36.4 Å². The highest BCUT2D eigenvalue weighted by atomic mass is 19.1. The van der Waals surface area contributed by atoms with Gasteiger partial charge < -0.3 is 20.7 Å². The molecule has 0 aromatic carbocycles. The molecule has 33 heavy (non-hydrogen) atoms. The van der Waals surface area contributed by atoms with Crippen molar-refractivity contribution >= 4 is 11.5 Å². The first kappa shape index (κ1) is 23.4. The normalized spacial score (nSPS) is 22.2. The maximum Gasteiger partial charge on any atom is 0.151 e. The standard InChI is InChI=1S/C25H33FN6O/c1-17(14-33-2)31-18-3-5-19(6-4-18)32-24-12-21(22(26)13-29-24)23-11-20(7-10-28-23)30-16-25(15-27)8-9-25/h7,10-13,17-19,31H,3-6,8-9,14,16H2,1-2H3,(H,28,30)(H,29,32). The quantitative estimate of drug-likeness (QED) is 0.493. The number of rotatable bonds is 10. The van der Waals surface area contributed by atoms with Crippen LogP contribution in [0.25, 0.3) is 11.3 Å². The summed E-state index contributed by atoms with van der Waals surface area (Å²) in [5.74, 6) is 0.262. The molecule has 176 valence electrons. The van der Waals surface area contributed by atoms with Crippen molar-refractivity contribution in [2.24, 2.45) is 5.41 Å². The average molecular weight is 453 g/mol. The summed E-state index contributed by atoms with van der Waals surface area (Å²) in [4.78, 5) is 8.64. The molecule has 7 nitrogen and oxygen atoms in total. The van der Waals surface area contributed by atoms with Gasteiger partial charge in [0.05, 0.1) is 30.0 Å². The van der Waals surface area contributed by atoms with Crippen LogP contribution in [0.1, 0.15) is 45.4 Å². The first-order valence-corrected chi connectivity index (χ1v) is 11.8. The molecule has 2 aliphatic rings. The van der Waals surface area contributed by atoms with E-state index in [4.69, 9.17) is 4.74 Å². The molecule has 0 amide bonds. The number of nitrogens with zero attached hydrogens (tertiary/aromatic N) is 3. The second-order valence-electron chi connectivity index (χ2n) is 9.44. The number of methoxy groups -OCH3 is 1. The molecular formula is C25H33FN6O. The lowest BCUT2D eigenvalue weighted by Crippen LogP contribution is -2.42. The van der Waals surface area contributed by atoms with Gasteiger partial charge in [-0.3, -0.25) is 4.98 Å². The summed E-state index contributed by atoms with van der Waals surface area (Å²) in [5.41, 5.74) is 1.55. The van der Waals surface area contributed by atoms with E-state index in [0.29, 0.717) is 48.4 Å². The van der Waals surface area contributed by atoms with E-state index in [1.54, 1.807) is 19.4 Å². The largest absolute Gasteiger partial charge is 0.383 e. The van der Waals surface area contributed by atoms with Crippen molar-refractivity contribution in [2.45, 2.75) is 63.6 Å². The van der Waals surface area contributed by atoms with E-state index in [-0.39, 0.29) is 5.41 Å². The Bertz CT molecular complexity index is 981. The van der Waals surface area contributed by atoms with E-state index in [1.807, 2.05) is 12.1 Å². The lowest BCUT2D eigenvalue weighted by Gasteiger charge is -2.31. The lowest BCUT2D eigenvalue weighted by atomic mass is 9.90. The van der Waals surface area contributed by atoms with Crippen LogP contribution >= 0.6 is 0 Å². The fraction of sp³-hybridized carbons (Fsp3) is 0.560. The minimum atomic E-state index is -0.402. The van der Waals surface area contributed by atoms with Crippen LogP contribution in [0.3, 0.4) is 0 Å². The molecule has 0 bridgehead atoms. The summed E-state index contributed by atoms with van der Waals surface area (Å²) < 4.78 is 19.8. The van der Waals surface area contributed by atoms with Crippen LogP contribution in [0.15, 0.2) is 30.6 Å². The van der Waals surface area contributed by atoms with Crippen molar-refractivity contribution in [1.82, 2.24) is 15.3 Å². The smallest absolute Gasteiger partial charge is 0.151 e. The van der Waals surface area contributed by atoms with Crippen LogP contribution in [0.5, 0.6) is 0 Å². The highest BCUT2D eigenvalue weighted by Gasteiger charge is 2.42. The van der Waals surface area contributed by atoms with Crippen molar-refractivity contribution < 1.29 is 9.13 Å². The molecule has 1 unspecified atom stereocenters.